The Bertz CT molecular complexity index is 615. The number of methoxy groups -OCH3 is 1. The number of nitrogen functional groups attached to an aromatic ring is 1. The maximum absolute atomic E-state index is 12.0. The molecular weight excluding hydrogens is 260 g/mol. The summed E-state index contributed by atoms with van der Waals surface area (Å²) >= 11 is 0. The van der Waals surface area contributed by atoms with E-state index in [0.717, 1.165) is 11.1 Å². The van der Waals surface area contributed by atoms with E-state index in [1.807, 2.05) is 25.1 Å². The lowest BCUT2D eigenvalue weighted by Crippen LogP contribution is -2.08. The number of anilines is 1. The summed E-state index contributed by atoms with van der Waals surface area (Å²) in [5.41, 5.74) is 7.95. The summed E-state index contributed by atoms with van der Waals surface area (Å²) < 4.78 is 15.2. The molecule has 0 bridgehead atoms. The molecular formula is C14H16N2O4. The van der Waals surface area contributed by atoms with E-state index in [1.165, 1.54) is 0 Å². The van der Waals surface area contributed by atoms with Gasteiger partial charge in [-0.2, -0.15) is 0 Å². The minimum absolute atomic E-state index is 0.0382. The van der Waals surface area contributed by atoms with Crippen molar-refractivity contribution in [2.24, 2.45) is 0 Å². The molecule has 2 aromatic rings. The number of carbonyl (C=O) groups excluding carboxylic acids is 1. The second-order valence-electron chi connectivity index (χ2n) is 4.40. The Balaban J connectivity index is 2.13. The van der Waals surface area contributed by atoms with Crippen molar-refractivity contribution in [2.75, 3.05) is 12.8 Å². The molecule has 1 aromatic heterocycles. The van der Waals surface area contributed by atoms with Gasteiger partial charge in [0.15, 0.2) is 0 Å². The average Bonchev–Trinajstić information content (AvgIpc) is 2.76. The SMILES string of the molecule is COc1ccc(C)cc1COC(=O)c1c(C)noc1N. The summed E-state index contributed by atoms with van der Waals surface area (Å²) in [5, 5.41) is 3.61. The lowest BCUT2D eigenvalue weighted by atomic mass is 10.1. The highest BCUT2D eigenvalue weighted by Crippen LogP contribution is 2.22. The van der Waals surface area contributed by atoms with E-state index in [9.17, 15) is 4.79 Å². The van der Waals surface area contributed by atoms with Crippen molar-refractivity contribution >= 4 is 11.9 Å². The highest BCUT2D eigenvalue weighted by molar-refractivity contribution is 5.94. The number of aryl methyl sites for hydroxylation is 2. The molecule has 0 spiro atoms. The Morgan fingerprint density at radius 3 is 2.75 bits per heavy atom. The van der Waals surface area contributed by atoms with Gasteiger partial charge in [-0.3, -0.25) is 0 Å². The van der Waals surface area contributed by atoms with Crippen LogP contribution in [-0.2, 0) is 11.3 Å². The van der Waals surface area contributed by atoms with Gasteiger partial charge in [0.25, 0.3) is 0 Å². The smallest absolute Gasteiger partial charge is 0.346 e. The number of carbonyl (C=O) groups is 1. The maximum atomic E-state index is 12.0. The number of ether oxygens (including phenoxy) is 2. The normalized spacial score (nSPS) is 10.3. The van der Waals surface area contributed by atoms with Crippen molar-refractivity contribution < 1.29 is 18.8 Å². The second-order valence-corrected chi connectivity index (χ2v) is 4.40. The van der Waals surface area contributed by atoms with Crippen LogP contribution in [0.1, 0.15) is 27.2 Å². The first kappa shape index (κ1) is 13.9. The fourth-order valence-corrected chi connectivity index (χ4v) is 1.87. The van der Waals surface area contributed by atoms with E-state index in [2.05, 4.69) is 5.16 Å². The van der Waals surface area contributed by atoms with Gasteiger partial charge in [0.2, 0.25) is 5.88 Å². The lowest BCUT2D eigenvalue weighted by Gasteiger charge is -2.10. The van der Waals surface area contributed by atoms with Crippen LogP contribution in [0.2, 0.25) is 0 Å². The molecule has 0 radical (unpaired) electrons. The van der Waals surface area contributed by atoms with Gasteiger partial charge in [0, 0.05) is 5.56 Å². The molecule has 0 aliphatic rings. The van der Waals surface area contributed by atoms with Gasteiger partial charge in [-0.15, -0.1) is 0 Å². The molecule has 0 saturated heterocycles. The van der Waals surface area contributed by atoms with Gasteiger partial charge >= 0.3 is 5.97 Å². The fourth-order valence-electron chi connectivity index (χ4n) is 1.87. The van der Waals surface area contributed by atoms with Crippen molar-refractivity contribution in [2.45, 2.75) is 20.5 Å². The molecule has 6 heteroatoms. The van der Waals surface area contributed by atoms with Crippen molar-refractivity contribution in [3.8, 4) is 5.75 Å². The fraction of sp³-hybridized carbons (Fsp3) is 0.286. The van der Waals surface area contributed by atoms with Crippen molar-refractivity contribution in [1.29, 1.82) is 0 Å². The lowest BCUT2D eigenvalue weighted by molar-refractivity contribution is 0.0470. The van der Waals surface area contributed by atoms with Gasteiger partial charge < -0.3 is 19.7 Å². The Morgan fingerprint density at radius 1 is 1.40 bits per heavy atom. The van der Waals surface area contributed by atoms with Crippen LogP contribution in [0, 0.1) is 13.8 Å². The van der Waals surface area contributed by atoms with E-state index in [0.29, 0.717) is 11.4 Å². The summed E-state index contributed by atoms with van der Waals surface area (Å²) in [7, 11) is 1.57. The molecule has 0 aliphatic carbocycles. The largest absolute Gasteiger partial charge is 0.496 e. The van der Waals surface area contributed by atoms with Crippen LogP contribution >= 0.6 is 0 Å². The predicted octanol–water partition coefficient (Wildman–Crippen LogP) is 2.24. The van der Waals surface area contributed by atoms with Crippen LogP contribution in [0.4, 0.5) is 5.88 Å². The molecule has 0 unspecified atom stereocenters. The zero-order valence-electron chi connectivity index (χ0n) is 11.6. The Labute approximate surface area is 116 Å². The van der Waals surface area contributed by atoms with Crippen molar-refractivity contribution in [1.82, 2.24) is 5.16 Å². The molecule has 0 saturated carbocycles. The Hall–Kier alpha value is -2.50. The van der Waals surface area contributed by atoms with E-state index in [1.54, 1.807) is 14.0 Å². The van der Waals surface area contributed by atoms with E-state index in [-0.39, 0.29) is 18.1 Å². The predicted molar refractivity (Wildman–Crippen MR) is 72.5 cm³/mol. The molecule has 0 fully saturated rings. The van der Waals surface area contributed by atoms with Crippen LogP contribution in [0.15, 0.2) is 22.7 Å². The first-order valence-electron chi connectivity index (χ1n) is 6.05. The molecule has 20 heavy (non-hydrogen) atoms. The number of rotatable bonds is 4. The number of hydrogen-bond acceptors (Lipinski definition) is 6. The summed E-state index contributed by atoms with van der Waals surface area (Å²) in [5.74, 6) is 0.0620. The Kier molecular flexibility index (Phi) is 3.93. The van der Waals surface area contributed by atoms with Crippen LogP contribution in [0.25, 0.3) is 0 Å². The molecule has 6 nitrogen and oxygen atoms in total. The van der Waals surface area contributed by atoms with Gasteiger partial charge in [0.05, 0.1) is 12.8 Å². The number of aromatic nitrogens is 1. The van der Waals surface area contributed by atoms with E-state index < -0.39 is 5.97 Å². The van der Waals surface area contributed by atoms with Gasteiger partial charge in [-0.1, -0.05) is 16.8 Å². The Morgan fingerprint density at radius 2 is 2.15 bits per heavy atom. The van der Waals surface area contributed by atoms with Crippen molar-refractivity contribution in [3.63, 3.8) is 0 Å². The van der Waals surface area contributed by atoms with Crippen LogP contribution < -0.4 is 10.5 Å². The van der Waals surface area contributed by atoms with Gasteiger partial charge in [0.1, 0.15) is 17.9 Å². The number of benzene rings is 1. The number of nitrogens with two attached hydrogens (primary N) is 1. The van der Waals surface area contributed by atoms with Crippen LogP contribution in [0.5, 0.6) is 5.75 Å². The molecule has 106 valence electrons. The zero-order valence-corrected chi connectivity index (χ0v) is 11.6. The van der Waals surface area contributed by atoms with Crippen LogP contribution in [0.3, 0.4) is 0 Å². The highest BCUT2D eigenvalue weighted by atomic mass is 16.5. The minimum Gasteiger partial charge on any atom is -0.496 e. The monoisotopic (exact) mass is 276 g/mol. The molecule has 0 amide bonds. The standard InChI is InChI=1S/C14H16N2O4/c1-8-4-5-11(18-3)10(6-8)7-19-14(17)12-9(2)16-20-13(12)15/h4-6H,7,15H2,1-3H3. The van der Waals surface area contributed by atoms with E-state index >= 15 is 0 Å². The number of esters is 1. The third-order valence-electron chi connectivity index (χ3n) is 2.89. The number of hydrogen-bond donors (Lipinski definition) is 1. The maximum Gasteiger partial charge on any atom is 0.346 e. The highest BCUT2D eigenvalue weighted by Gasteiger charge is 2.20. The quantitative estimate of drug-likeness (QED) is 0.862. The summed E-state index contributed by atoms with van der Waals surface area (Å²) in [4.78, 5) is 12.0. The number of nitrogens with zero attached hydrogens (tertiary/aromatic N) is 1. The van der Waals surface area contributed by atoms with Crippen LogP contribution in [-0.4, -0.2) is 18.2 Å². The molecule has 1 aromatic carbocycles. The summed E-state index contributed by atoms with van der Waals surface area (Å²) in [6.07, 6.45) is 0. The molecule has 2 N–H and O–H groups in total. The third-order valence-corrected chi connectivity index (χ3v) is 2.89. The average molecular weight is 276 g/mol. The summed E-state index contributed by atoms with van der Waals surface area (Å²) in [6, 6.07) is 5.65. The summed E-state index contributed by atoms with van der Waals surface area (Å²) in [6.45, 7) is 3.67. The first-order chi connectivity index (χ1) is 9.52. The second kappa shape index (κ2) is 5.64. The molecule has 2 rings (SSSR count). The minimum atomic E-state index is -0.565. The molecule has 0 atom stereocenters. The first-order valence-corrected chi connectivity index (χ1v) is 6.05. The zero-order chi connectivity index (χ0) is 14.7. The van der Waals surface area contributed by atoms with Gasteiger partial charge in [-0.25, -0.2) is 4.79 Å². The topological polar surface area (TPSA) is 87.6 Å². The van der Waals surface area contributed by atoms with E-state index in [4.69, 9.17) is 19.7 Å². The molecule has 1 heterocycles. The third kappa shape index (κ3) is 2.74. The van der Waals surface area contributed by atoms with Crippen molar-refractivity contribution in [3.05, 3.63) is 40.6 Å². The van der Waals surface area contributed by atoms with Gasteiger partial charge in [-0.05, 0) is 26.0 Å². The molecule has 0 aliphatic heterocycles.